The van der Waals surface area contributed by atoms with Gasteiger partial charge in [0.1, 0.15) is 0 Å². The lowest BCUT2D eigenvalue weighted by molar-refractivity contribution is -0.124. The van der Waals surface area contributed by atoms with E-state index in [2.05, 4.69) is 0 Å². The highest BCUT2D eigenvalue weighted by molar-refractivity contribution is 6.05. The highest BCUT2D eigenvalue weighted by Gasteiger charge is 2.49. The number of rotatable bonds is 0. The molecule has 0 N–H and O–H groups in total. The van der Waals surface area contributed by atoms with Crippen LogP contribution in [0.25, 0.3) is 0 Å². The molecular formula is C17H22O2. The highest BCUT2D eigenvalue weighted by Crippen LogP contribution is 2.55. The molecule has 4 rings (SSSR count). The van der Waals surface area contributed by atoms with Crippen LogP contribution >= 0.6 is 0 Å². The molecule has 0 unspecified atom stereocenters. The monoisotopic (exact) mass is 258 g/mol. The third-order valence-electron chi connectivity index (χ3n) is 6.37. The predicted molar refractivity (Wildman–Crippen MR) is 72.5 cm³/mol. The Kier molecular flexibility index (Phi) is 2.68. The molecule has 5 atom stereocenters. The van der Waals surface area contributed by atoms with E-state index in [-0.39, 0.29) is 5.78 Å². The third kappa shape index (κ3) is 1.75. The Labute approximate surface area is 114 Å². The van der Waals surface area contributed by atoms with Crippen molar-refractivity contribution in [2.75, 3.05) is 0 Å². The molecule has 0 bridgehead atoms. The number of carbonyl (C=O) groups excluding carboxylic acids is 2. The topological polar surface area (TPSA) is 34.1 Å². The summed E-state index contributed by atoms with van der Waals surface area (Å²) in [4.78, 5) is 24.0. The van der Waals surface area contributed by atoms with Gasteiger partial charge in [-0.25, -0.2) is 0 Å². The van der Waals surface area contributed by atoms with Gasteiger partial charge in [0, 0.05) is 18.4 Å². The van der Waals surface area contributed by atoms with Crippen LogP contribution in [0, 0.1) is 29.6 Å². The van der Waals surface area contributed by atoms with Crippen molar-refractivity contribution in [3.05, 3.63) is 11.6 Å². The van der Waals surface area contributed by atoms with Gasteiger partial charge in [0.25, 0.3) is 0 Å². The Bertz CT molecular complexity index is 462. The zero-order chi connectivity index (χ0) is 13.0. The molecule has 2 nitrogen and oxygen atoms in total. The maximum absolute atomic E-state index is 12.4. The summed E-state index contributed by atoms with van der Waals surface area (Å²) in [6.45, 7) is 0. The summed E-state index contributed by atoms with van der Waals surface area (Å²) in [5.74, 6) is 3.97. The third-order valence-corrected chi connectivity index (χ3v) is 6.37. The minimum absolute atomic E-state index is 0.174. The van der Waals surface area contributed by atoms with Gasteiger partial charge in [0.15, 0.2) is 11.6 Å². The second-order valence-corrected chi connectivity index (χ2v) is 7.10. The summed E-state index contributed by atoms with van der Waals surface area (Å²) < 4.78 is 0. The van der Waals surface area contributed by atoms with Gasteiger partial charge in [-0.3, -0.25) is 9.59 Å². The van der Waals surface area contributed by atoms with Gasteiger partial charge < -0.3 is 0 Å². The SMILES string of the molecule is O=C1C=C2C(=O)C[C@H]3[C@@H]4CCC[C@H]4CC[C@@H]3[C@H]2CC1. The van der Waals surface area contributed by atoms with Crippen molar-refractivity contribution in [1.29, 1.82) is 0 Å². The summed E-state index contributed by atoms with van der Waals surface area (Å²) in [5.41, 5.74) is 0.897. The number of ketones is 2. The van der Waals surface area contributed by atoms with Crippen molar-refractivity contribution in [2.24, 2.45) is 29.6 Å². The van der Waals surface area contributed by atoms with E-state index in [1.165, 1.54) is 32.1 Å². The first-order valence-corrected chi connectivity index (χ1v) is 8.01. The Balaban J connectivity index is 1.67. The number of fused-ring (bicyclic) bond motifs is 5. The van der Waals surface area contributed by atoms with E-state index in [0.29, 0.717) is 30.0 Å². The van der Waals surface area contributed by atoms with Gasteiger partial charge in [-0.2, -0.15) is 0 Å². The quantitative estimate of drug-likeness (QED) is 0.668. The van der Waals surface area contributed by atoms with Gasteiger partial charge in [0.2, 0.25) is 0 Å². The van der Waals surface area contributed by atoms with E-state index in [4.69, 9.17) is 0 Å². The lowest BCUT2D eigenvalue weighted by atomic mass is 9.56. The molecule has 102 valence electrons. The van der Waals surface area contributed by atoms with Crippen LogP contribution < -0.4 is 0 Å². The summed E-state index contributed by atoms with van der Waals surface area (Å²) in [5, 5.41) is 0. The lowest BCUT2D eigenvalue weighted by Gasteiger charge is -2.48. The molecule has 0 aromatic rings. The van der Waals surface area contributed by atoms with Crippen LogP contribution in [-0.4, -0.2) is 11.6 Å². The van der Waals surface area contributed by atoms with Crippen molar-refractivity contribution in [1.82, 2.24) is 0 Å². The van der Waals surface area contributed by atoms with Crippen LogP contribution in [0.3, 0.4) is 0 Å². The standard InChI is InChI=1S/C17H22O2/c18-11-5-7-14-13-6-4-10-2-1-3-12(10)15(13)9-17(19)16(14)8-11/h8,10,12-15H,1-7,9H2/t10-,12+,13+,14+,15-/m0/s1. The van der Waals surface area contributed by atoms with E-state index < -0.39 is 0 Å². The van der Waals surface area contributed by atoms with Crippen LogP contribution in [0.15, 0.2) is 11.6 Å². The molecular weight excluding hydrogens is 236 g/mol. The van der Waals surface area contributed by atoms with Crippen molar-refractivity contribution in [3.63, 3.8) is 0 Å². The molecule has 0 spiro atoms. The van der Waals surface area contributed by atoms with E-state index in [1.807, 2.05) is 0 Å². The first kappa shape index (κ1) is 11.9. The van der Waals surface area contributed by atoms with Crippen molar-refractivity contribution < 1.29 is 9.59 Å². The van der Waals surface area contributed by atoms with Crippen LogP contribution in [0.2, 0.25) is 0 Å². The summed E-state index contributed by atoms with van der Waals surface area (Å²) in [6.07, 6.45) is 10.8. The van der Waals surface area contributed by atoms with Crippen molar-refractivity contribution in [3.8, 4) is 0 Å². The molecule has 0 radical (unpaired) electrons. The second-order valence-electron chi connectivity index (χ2n) is 7.10. The van der Waals surface area contributed by atoms with Gasteiger partial charge in [0.05, 0.1) is 0 Å². The predicted octanol–water partition coefficient (Wildman–Crippen LogP) is 3.31. The number of hydrogen-bond acceptors (Lipinski definition) is 2. The van der Waals surface area contributed by atoms with Crippen LogP contribution in [0.1, 0.15) is 51.4 Å². The fourth-order valence-electron chi connectivity index (χ4n) is 5.60. The maximum atomic E-state index is 12.4. The molecule has 0 saturated heterocycles. The summed E-state index contributed by atoms with van der Waals surface area (Å²) >= 11 is 0. The zero-order valence-electron chi connectivity index (χ0n) is 11.4. The van der Waals surface area contributed by atoms with Gasteiger partial charge in [-0.1, -0.05) is 12.8 Å². The average molecular weight is 258 g/mol. The first-order valence-electron chi connectivity index (χ1n) is 8.01. The molecule has 19 heavy (non-hydrogen) atoms. The van der Waals surface area contributed by atoms with Crippen molar-refractivity contribution in [2.45, 2.75) is 51.4 Å². The van der Waals surface area contributed by atoms with E-state index >= 15 is 0 Å². The first-order chi connectivity index (χ1) is 9.24. The molecule has 0 amide bonds. The Morgan fingerprint density at radius 1 is 0.895 bits per heavy atom. The number of allylic oxidation sites excluding steroid dienone is 1. The van der Waals surface area contributed by atoms with Crippen LogP contribution in [0.5, 0.6) is 0 Å². The minimum Gasteiger partial charge on any atom is -0.295 e. The Hall–Kier alpha value is -0.920. The van der Waals surface area contributed by atoms with E-state index in [9.17, 15) is 9.59 Å². The van der Waals surface area contributed by atoms with Crippen LogP contribution in [-0.2, 0) is 9.59 Å². The zero-order valence-corrected chi connectivity index (χ0v) is 11.4. The minimum atomic E-state index is 0.174. The second kappa shape index (κ2) is 4.29. The fourth-order valence-corrected chi connectivity index (χ4v) is 5.60. The number of carbonyl (C=O) groups is 2. The van der Waals surface area contributed by atoms with Crippen LogP contribution in [0.4, 0.5) is 0 Å². The van der Waals surface area contributed by atoms with Gasteiger partial charge in [-0.05, 0) is 61.3 Å². The molecule has 3 fully saturated rings. The molecule has 0 aromatic carbocycles. The van der Waals surface area contributed by atoms with E-state index in [0.717, 1.165) is 30.3 Å². The van der Waals surface area contributed by atoms with Gasteiger partial charge >= 0.3 is 0 Å². The molecule has 2 heteroatoms. The molecule has 0 aromatic heterocycles. The fraction of sp³-hybridized carbons (Fsp3) is 0.765. The molecule has 4 aliphatic rings. The van der Waals surface area contributed by atoms with Crippen molar-refractivity contribution >= 4 is 11.6 Å². The average Bonchev–Trinajstić information content (AvgIpc) is 2.88. The van der Waals surface area contributed by atoms with E-state index in [1.54, 1.807) is 6.08 Å². The largest absolute Gasteiger partial charge is 0.295 e. The summed E-state index contributed by atoms with van der Waals surface area (Å²) in [6, 6.07) is 0. The highest BCUT2D eigenvalue weighted by atomic mass is 16.1. The molecule has 0 heterocycles. The van der Waals surface area contributed by atoms with Gasteiger partial charge in [-0.15, -0.1) is 0 Å². The maximum Gasteiger partial charge on any atom is 0.159 e. The number of hydrogen-bond donors (Lipinski definition) is 0. The normalized spacial score (nSPS) is 45.3. The molecule has 4 aliphatic carbocycles. The Morgan fingerprint density at radius 2 is 1.79 bits per heavy atom. The lowest BCUT2D eigenvalue weighted by Crippen LogP contribution is -2.44. The molecule has 0 aliphatic heterocycles. The smallest absolute Gasteiger partial charge is 0.159 e. The summed E-state index contributed by atoms with van der Waals surface area (Å²) in [7, 11) is 0. The number of Topliss-reactive ketones (excluding diaryl/α,β-unsaturated/α-hetero) is 1. The Morgan fingerprint density at radius 3 is 2.68 bits per heavy atom. The molecule has 3 saturated carbocycles.